The highest BCUT2D eigenvalue weighted by Crippen LogP contribution is 2.30. The predicted octanol–water partition coefficient (Wildman–Crippen LogP) is 3.03. The molecule has 0 atom stereocenters. The molecular weight excluding hydrogens is 300 g/mol. The van der Waals surface area contributed by atoms with Gasteiger partial charge in [-0.05, 0) is 43.6 Å². The van der Waals surface area contributed by atoms with Crippen molar-refractivity contribution in [3.05, 3.63) is 18.5 Å². The van der Waals surface area contributed by atoms with Crippen LogP contribution in [-0.2, 0) is 4.79 Å². The Morgan fingerprint density at radius 1 is 1.08 bits per heavy atom. The summed E-state index contributed by atoms with van der Waals surface area (Å²) in [5.41, 5.74) is 0. The standard InChI is InChI=1S/C19H30N4O/c1-2-15-4-6-16(7-5-15)14-22-18(24)17-8-12-23(13-9-17)19-20-10-3-11-21-19/h3,10-11,15-17H,2,4-9,12-14H2,1H3,(H,22,24). The van der Waals surface area contributed by atoms with Gasteiger partial charge in [0.2, 0.25) is 11.9 Å². The summed E-state index contributed by atoms with van der Waals surface area (Å²) in [6, 6.07) is 1.83. The number of hydrogen-bond donors (Lipinski definition) is 1. The van der Waals surface area contributed by atoms with Crippen molar-refractivity contribution in [2.75, 3.05) is 24.5 Å². The second-order valence-electron chi connectivity index (χ2n) is 7.35. The molecular formula is C19H30N4O. The van der Waals surface area contributed by atoms with Crippen LogP contribution in [0.2, 0.25) is 0 Å². The molecule has 0 spiro atoms. The fraction of sp³-hybridized carbons (Fsp3) is 0.737. The van der Waals surface area contributed by atoms with E-state index in [1.54, 1.807) is 12.4 Å². The van der Waals surface area contributed by atoms with Gasteiger partial charge in [-0.15, -0.1) is 0 Å². The normalized spacial score (nSPS) is 25.5. The van der Waals surface area contributed by atoms with Crippen LogP contribution in [0.1, 0.15) is 51.9 Å². The summed E-state index contributed by atoms with van der Waals surface area (Å²) in [6.45, 7) is 4.89. The van der Waals surface area contributed by atoms with Crippen LogP contribution in [-0.4, -0.2) is 35.5 Å². The Balaban J connectivity index is 1.38. The van der Waals surface area contributed by atoms with E-state index in [4.69, 9.17) is 0 Å². The molecule has 1 N–H and O–H groups in total. The smallest absolute Gasteiger partial charge is 0.225 e. The van der Waals surface area contributed by atoms with Gasteiger partial charge >= 0.3 is 0 Å². The lowest BCUT2D eigenvalue weighted by atomic mass is 9.81. The maximum Gasteiger partial charge on any atom is 0.225 e. The average Bonchev–Trinajstić information content (AvgIpc) is 2.67. The van der Waals surface area contributed by atoms with Gasteiger partial charge < -0.3 is 10.2 Å². The summed E-state index contributed by atoms with van der Waals surface area (Å²) in [5, 5.41) is 3.22. The SMILES string of the molecule is CCC1CCC(CNC(=O)C2CCN(c3ncccn3)CC2)CC1. The van der Waals surface area contributed by atoms with E-state index in [1.165, 1.54) is 32.1 Å². The number of piperidine rings is 1. The van der Waals surface area contributed by atoms with E-state index < -0.39 is 0 Å². The Morgan fingerprint density at radius 2 is 1.71 bits per heavy atom. The van der Waals surface area contributed by atoms with Crippen molar-refractivity contribution in [2.45, 2.75) is 51.9 Å². The van der Waals surface area contributed by atoms with E-state index in [1.807, 2.05) is 6.07 Å². The van der Waals surface area contributed by atoms with Gasteiger partial charge in [-0.2, -0.15) is 0 Å². The van der Waals surface area contributed by atoms with E-state index in [9.17, 15) is 4.79 Å². The quantitative estimate of drug-likeness (QED) is 0.901. The van der Waals surface area contributed by atoms with Gasteiger partial charge in [-0.3, -0.25) is 4.79 Å². The number of nitrogens with one attached hydrogen (secondary N) is 1. The molecule has 5 nitrogen and oxygen atoms in total. The lowest BCUT2D eigenvalue weighted by Crippen LogP contribution is -2.42. The lowest BCUT2D eigenvalue weighted by Gasteiger charge is -2.32. The molecule has 2 aliphatic rings. The molecule has 1 amide bonds. The monoisotopic (exact) mass is 330 g/mol. The maximum atomic E-state index is 12.4. The van der Waals surface area contributed by atoms with Crippen molar-refractivity contribution in [3.63, 3.8) is 0 Å². The Bertz CT molecular complexity index is 505. The predicted molar refractivity (Wildman–Crippen MR) is 95.7 cm³/mol. The highest BCUT2D eigenvalue weighted by Gasteiger charge is 2.27. The van der Waals surface area contributed by atoms with Crippen LogP contribution in [0.25, 0.3) is 0 Å². The fourth-order valence-electron chi connectivity index (χ4n) is 4.03. The van der Waals surface area contributed by atoms with Crippen LogP contribution >= 0.6 is 0 Å². The van der Waals surface area contributed by atoms with Gasteiger partial charge in [-0.25, -0.2) is 9.97 Å². The Morgan fingerprint density at radius 3 is 2.33 bits per heavy atom. The minimum Gasteiger partial charge on any atom is -0.356 e. The van der Waals surface area contributed by atoms with Gasteiger partial charge in [0.05, 0.1) is 0 Å². The summed E-state index contributed by atoms with van der Waals surface area (Å²) in [6.07, 6.45) is 11.9. The van der Waals surface area contributed by atoms with Gasteiger partial charge in [0.1, 0.15) is 0 Å². The number of aromatic nitrogens is 2. The summed E-state index contributed by atoms with van der Waals surface area (Å²) < 4.78 is 0. The van der Waals surface area contributed by atoms with Crippen LogP contribution in [0.5, 0.6) is 0 Å². The minimum absolute atomic E-state index is 0.150. The summed E-state index contributed by atoms with van der Waals surface area (Å²) >= 11 is 0. The average molecular weight is 330 g/mol. The third kappa shape index (κ3) is 4.46. The number of amides is 1. The first kappa shape index (κ1) is 17.2. The zero-order valence-electron chi connectivity index (χ0n) is 14.8. The van der Waals surface area contributed by atoms with Crippen LogP contribution in [0.15, 0.2) is 18.5 Å². The van der Waals surface area contributed by atoms with Crippen molar-refractivity contribution in [2.24, 2.45) is 17.8 Å². The summed E-state index contributed by atoms with van der Waals surface area (Å²) in [5.74, 6) is 2.79. The first-order valence-corrected chi connectivity index (χ1v) is 9.56. The Kier molecular flexibility index (Phi) is 6.05. The number of hydrogen-bond acceptors (Lipinski definition) is 4. The lowest BCUT2D eigenvalue weighted by molar-refractivity contribution is -0.125. The highest BCUT2D eigenvalue weighted by atomic mass is 16.1. The number of anilines is 1. The maximum absolute atomic E-state index is 12.4. The topological polar surface area (TPSA) is 58.1 Å². The van der Waals surface area contributed by atoms with Crippen molar-refractivity contribution in [3.8, 4) is 0 Å². The van der Waals surface area contributed by atoms with Gasteiger partial charge in [0.15, 0.2) is 0 Å². The van der Waals surface area contributed by atoms with Gasteiger partial charge in [0.25, 0.3) is 0 Å². The van der Waals surface area contributed by atoms with E-state index in [0.717, 1.165) is 44.3 Å². The number of carbonyl (C=O) groups is 1. The Hall–Kier alpha value is -1.65. The van der Waals surface area contributed by atoms with Crippen molar-refractivity contribution < 1.29 is 4.79 Å². The van der Waals surface area contributed by atoms with E-state index in [2.05, 4.69) is 27.1 Å². The van der Waals surface area contributed by atoms with E-state index in [0.29, 0.717) is 5.92 Å². The van der Waals surface area contributed by atoms with Crippen LogP contribution in [0.3, 0.4) is 0 Å². The zero-order chi connectivity index (χ0) is 16.8. The molecule has 0 radical (unpaired) electrons. The number of rotatable bonds is 5. The van der Waals surface area contributed by atoms with Crippen LogP contribution in [0, 0.1) is 17.8 Å². The molecule has 2 fully saturated rings. The van der Waals surface area contributed by atoms with Crippen LogP contribution in [0.4, 0.5) is 5.95 Å². The molecule has 0 bridgehead atoms. The summed E-state index contributed by atoms with van der Waals surface area (Å²) in [7, 11) is 0. The van der Waals surface area contributed by atoms with Gasteiger partial charge in [-0.1, -0.05) is 26.2 Å². The highest BCUT2D eigenvalue weighted by molar-refractivity contribution is 5.78. The van der Waals surface area contributed by atoms with E-state index in [-0.39, 0.29) is 11.8 Å². The van der Waals surface area contributed by atoms with E-state index >= 15 is 0 Å². The Labute approximate surface area is 145 Å². The molecule has 0 unspecified atom stereocenters. The van der Waals surface area contributed by atoms with Crippen molar-refractivity contribution in [1.82, 2.24) is 15.3 Å². The molecule has 1 aromatic heterocycles. The molecule has 0 aromatic carbocycles. The van der Waals surface area contributed by atoms with Crippen molar-refractivity contribution in [1.29, 1.82) is 0 Å². The first-order valence-electron chi connectivity index (χ1n) is 9.56. The first-order chi connectivity index (χ1) is 11.8. The zero-order valence-corrected chi connectivity index (χ0v) is 14.8. The largest absolute Gasteiger partial charge is 0.356 e. The van der Waals surface area contributed by atoms with Crippen LogP contribution < -0.4 is 10.2 Å². The van der Waals surface area contributed by atoms with Crippen molar-refractivity contribution >= 4 is 11.9 Å². The number of nitrogens with zero attached hydrogens (tertiary/aromatic N) is 3. The summed E-state index contributed by atoms with van der Waals surface area (Å²) in [4.78, 5) is 23.2. The fourth-order valence-corrected chi connectivity index (χ4v) is 4.03. The molecule has 1 saturated heterocycles. The third-order valence-electron chi connectivity index (χ3n) is 5.81. The third-order valence-corrected chi connectivity index (χ3v) is 5.81. The second-order valence-corrected chi connectivity index (χ2v) is 7.35. The second kappa shape index (κ2) is 8.45. The van der Waals surface area contributed by atoms with Gasteiger partial charge in [0, 0.05) is 37.9 Å². The molecule has 3 rings (SSSR count). The molecule has 132 valence electrons. The molecule has 1 saturated carbocycles. The molecule has 2 heterocycles. The molecule has 5 heteroatoms. The minimum atomic E-state index is 0.150. The molecule has 24 heavy (non-hydrogen) atoms. The molecule has 1 aromatic rings. The number of carbonyl (C=O) groups excluding carboxylic acids is 1. The molecule has 1 aliphatic heterocycles. The molecule has 1 aliphatic carbocycles.